The predicted octanol–water partition coefficient (Wildman–Crippen LogP) is 4.38. The van der Waals surface area contributed by atoms with Crippen LogP contribution in [0.1, 0.15) is 5.56 Å². The molecule has 0 saturated carbocycles. The zero-order valence-corrected chi connectivity index (χ0v) is 16.5. The highest BCUT2D eigenvalue weighted by Gasteiger charge is 2.38. The molecule has 0 aliphatic heterocycles. The molecule has 1 aliphatic carbocycles. The SMILES string of the molecule is CSC1=CC(c2ccc(N)c(SC)c2)=CC(SC)(SC)C1N. The Morgan fingerprint density at radius 3 is 2.27 bits per heavy atom. The Balaban J connectivity index is 2.55. The fourth-order valence-corrected chi connectivity index (χ4v) is 5.79. The maximum Gasteiger partial charge on any atom is 0.0992 e. The highest BCUT2D eigenvalue weighted by Crippen LogP contribution is 2.47. The standard InChI is InChI=1S/C16H22N2S4/c1-19-13-7-10(5-6-12(13)17)11-8-14(20-2)15(18)16(9-11,21-3)22-4/h5-9,15H,17-18H2,1-4H3. The lowest BCUT2D eigenvalue weighted by Gasteiger charge is -2.38. The summed E-state index contributed by atoms with van der Waals surface area (Å²) in [5, 5.41) is 0. The van der Waals surface area contributed by atoms with Crippen LogP contribution in [-0.4, -0.2) is 35.1 Å². The maximum atomic E-state index is 6.51. The first-order valence-electron chi connectivity index (χ1n) is 6.79. The molecule has 1 atom stereocenters. The Kier molecular flexibility index (Phi) is 6.30. The molecule has 120 valence electrons. The summed E-state index contributed by atoms with van der Waals surface area (Å²) in [5.41, 5.74) is 15.8. The molecule has 1 aliphatic rings. The summed E-state index contributed by atoms with van der Waals surface area (Å²) in [7, 11) is 0. The van der Waals surface area contributed by atoms with Gasteiger partial charge in [0.1, 0.15) is 0 Å². The second kappa shape index (κ2) is 7.62. The molecule has 0 fully saturated rings. The third-order valence-corrected chi connectivity index (χ3v) is 8.49. The molecule has 1 aromatic rings. The minimum absolute atomic E-state index is 0.0186. The van der Waals surface area contributed by atoms with Crippen molar-refractivity contribution < 1.29 is 0 Å². The zero-order chi connectivity index (χ0) is 16.3. The second-order valence-electron chi connectivity index (χ2n) is 4.91. The highest BCUT2D eigenvalue weighted by atomic mass is 32.2. The van der Waals surface area contributed by atoms with Gasteiger partial charge >= 0.3 is 0 Å². The van der Waals surface area contributed by atoms with Gasteiger partial charge in [0.05, 0.1) is 10.1 Å². The van der Waals surface area contributed by atoms with E-state index in [4.69, 9.17) is 11.5 Å². The van der Waals surface area contributed by atoms with Gasteiger partial charge in [-0.2, -0.15) is 0 Å². The molecule has 1 unspecified atom stereocenters. The van der Waals surface area contributed by atoms with Crippen LogP contribution in [0.5, 0.6) is 0 Å². The molecule has 0 heterocycles. The van der Waals surface area contributed by atoms with E-state index in [1.165, 1.54) is 16.0 Å². The summed E-state index contributed by atoms with van der Waals surface area (Å²) < 4.78 is -0.122. The van der Waals surface area contributed by atoms with Crippen LogP contribution in [0.2, 0.25) is 0 Å². The lowest BCUT2D eigenvalue weighted by molar-refractivity contribution is 0.793. The molecular weight excluding hydrogens is 348 g/mol. The lowest BCUT2D eigenvalue weighted by atomic mass is 9.96. The molecule has 2 rings (SSSR count). The number of nitrogens with two attached hydrogens (primary N) is 2. The fraction of sp³-hybridized carbons (Fsp3) is 0.375. The Morgan fingerprint density at radius 2 is 1.73 bits per heavy atom. The number of anilines is 1. The summed E-state index contributed by atoms with van der Waals surface area (Å²) in [6, 6.07) is 6.27. The molecular formula is C16H22N2S4. The van der Waals surface area contributed by atoms with E-state index in [9.17, 15) is 0 Å². The van der Waals surface area contributed by atoms with Crippen LogP contribution in [-0.2, 0) is 0 Å². The van der Waals surface area contributed by atoms with Crippen molar-refractivity contribution in [2.75, 3.05) is 30.8 Å². The molecule has 0 spiro atoms. The smallest absolute Gasteiger partial charge is 0.0992 e. The number of allylic oxidation sites excluding steroid dienone is 2. The van der Waals surface area contributed by atoms with Gasteiger partial charge < -0.3 is 11.5 Å². The van der Waals surface area contributed by atoms with Crippen molar-refractivity contribution in [1.82, 2.24) is 0 Å². The van der Waals surface area contributed by atoms with Gasteiger partial charge in [-0.15, -0.1) is 47.0 Å². The third-order valence-electron chi connectivity index (χ3n) is 3.84. The van der Waals surface area contributed by atoms with Crippen LogP contribution >= 0.6 is 47.0 Å². The van der Waals surface area contributed by atoms with Gasteiger partial charge in [0.25, 0.3) is 0 Å². The largest absolute Gasteiger partial charge is 0.398 e. The molecule has 4 N–H and O–H groups in total. The number of hydrogen-bond acceptors (Lipinski definition) is 6. The normalized spacial score (nSPS) is 20.5. The minimum atomic E-state index is -0.122. The topological polar surface area (TPSA) is 52.0 Å². The molecule has 0 radical (unpaired) electrons. The Hall–Kier alpha value is -0.140. The minimum Gasteiger partial charge on any atom is -0.398 e. The molecule has 22 heavy (non-hydrogen) atoms. The molecule has 6 heteroatoms. The molecule has 2 nitrogen and oxygen atoms in total. The predicted molar refractivity (Wildman–Crippen MR) is 110 cm³/mol. The van der Waals surface area contributed by atoms with Crippen molar-refractivity contribution in [1.29, 1.82) is 0 Å². The summed E-state index contributed by atoms with van der Waals surface area (Å²) in [5.74, 6) is 0. The van der Waals surface area contributed by atoms with E-state index in [2.05, 4.69) is 49.3 Å². The van der Waals surface area contributed by atoms with Gasteiger partial charge in [-0.3, -0.25) is 0 Å². The number of hydrogen-bond donors (Lipinski definition) is 2. The van der Waals surface area contributed by atoms with Crippen LogP contribution in [0.3, 0.4) is 0 Å². The van der Waals surface area contributed by atoms with Crippen LogP contribution in [0.25, 0.3) is 5.57 Å². The Morgan fingerprint density at radius 1 is 1.05 bits per heavy atom. The van der Waals surface area contributed by atoms with Gasteiger partial charge in [-0.1, -0.05) is 6.07 Å². The summed E-state index contributed by atoms with van der Waals surface area (Å²) >= 11 is 7.03. The van der Waals surface area contributed by atoms with Crippen molar-refractivity contribution >= 4 is 58.3 Å². The second-order valence-corrected chi connectivity index (χ2v) is 9.07. The van der Waals surface area contributed by atoms with Crippen molar-refractivity contribution in [2.45, 2.75) is 15.0 Å². The zero-order valence-electron chi connectivity index (χ0n) is 13.3. The molecule has 0 bridgehead atoms. The van der Waals surface area contributed by atoms with Crippen LogP contribution < -0.4 is 11.5 Å². The number of thioether (sulfide) groups is 4. The van der Waals surface area contributed by atoms with Crippen LogP contribution in [0.4, 0.5) is 5.69 Å². The lowest BCUT2D eigenvalue weighted by Crippen LogP contribution is -2.43. The van der Waals surface area contributed by atoms with Crippen LogP contribution in [0, 0.1) is 0 Å². The molecule has 0 amide bonds. The van der Waals surface area contributed by atoms with E-state index >= 15 is 0 Å². The van der Waals surface area contributed by atoms with Gasteiger partial charge in [-0.25, -0.2) is 0 Å². The molecule has 1 aromatic carbocycles. The van der Waals surface area contributed by atoms with Crippen molar-refractivity contribution in [3.05, 3.63) is 40.8 Å². The number of benzene rings is 1. The average Bonchev–Trinajstić information content (AvgIpc) is 2.56. The first-order valence-corrected chi connectivity index (χ1v) is 11.7. The van der Waals surface area contributed by atoms with Gasteiger partial charge in [0, 0.05) is 15.5 Å². The highest BCUT2D eigenvalue weighted by molar-refractivity contribution is 8.18. The number of rotatable bonds is 5. The van der Waals surface area contributed by atoms with Gasteiger partial charge in [0.2, 0.25) is 0 Å². The monoisotopic (exact) mass is 370 g/mol. The Bertz CT molecular complexity index is 606. The Labute approximate surface area is 150 Å². The fourth-order valence-electron chi connectivity index (χ4n) is 2.49. The quantitative estimate of drug-likeness (QED) is 0.456. The number of nitrogen functional groups attached to an aromatic ring is 1. The van der Waals surface area contributed by atoms with Gasteiger partial charge in [0.15, 0.2) is 0 Å². The maximum absolute atomic E-state index is 6.51. The summed E-state index contributed by atoms with van der Waals surface area (Å²) in [6.07, 6.45) is 12.9. The van der Waals surface area contributed by atoms with Crippen molar-refractivity contribution in [3.63, 3.8) is 0 Å². The van der Waals surface area contributed by atoms with Gasteiger partial charge in [-0.05, 0) is 60.4 Å². The molecule has 0 saturated heterocycles. The van der Waals surface area contributed by atoms with E-state index in [0.29, 0.717) is 0 Å². The van der Waals surface area contributed by atoms with Crippen LogP contribution in [0.15, 0.2) is 40.2 Å². The first kappa shape index (κ1) is 18.2. The van der Waals surface area contributed by atoms with E-state index in [1.807, 2.05) is 29.6 Å². The van der Waals surface area contributed by atoms with E-state index in [0.717, 1.165) is 10.6 Å². The van der Waals surface area contributed by atoms with E-state index in [-0.39, 0.29) is 10.1 Å². The third kappa shape index (κ3) is 3.36. The van der Waals surface area contributed by atoms with E-state index < -0.39 is 0 Å². The van der Waals surface area contributed by atoms with Crippen molar-refractivity contribution in [2.24, 2.45) is 5.73 Å². The average molecular weight is 371 g/mol. The first-order chi connectivity index (χ1) is 10.5. The summed E-state index contributed by atoms with van der Waals surface area (Å²) in [4.78, 5) is 2.34. The van der Waals surface area contributed by atoms with E-state index in [1.54, 1.807) is 23.5 Å². The van der Waals surface area contributed by atoms with Crippen molar-refractivity contribution in [3.8, 4) is 0 Å². The summed E-state index contributed by atoms with van der Waals surface area (Å²) in [6.45, 7) is 0. The molecule has 0 aromatic heterocycles.